The highest BCUT2D eigenvalue weighted by Crippen LogP contribution is 2.33. The van der Waals surface area contributed by atoms with Crippen molar-refractivity contribution in [1.29, 1.82) is 0 Å². The summed E-state index contributed by atoms with van der Waals surface area (Å²) in [5.41, 5.74) is -0.506. The molecule has 0 saturated heterocycles. The van der Waals surface area contributed by atoms with Crippen molar-refractivity contribution in [2.45, 2.75) is 12.8 Å². The quantitative estimate of drug-likeness (QED) is 0.459. The molecule has 0 fully saturated rings. The highest BCUT2D eigenvalue weighted by atomic mass is 16.5. The number of phenolic OH excluding ortho intramolecular Hbond substituents is 1. The molecule has 0 radical (unpaired) electrons. The molecule has 1 aromatic heterocycles. The van der Waals surface area contributed by atoms with E-state index in [2.05, 4.69) is 0 Å². The van der Waals surface area contributed by atoms with E-state index < -0.39 is 11.6 Å². The number of benzene rings is 2. The van der Waals surface area contributed by atoms with Crippen molar-refractivity contribution in [3.8, 4) is 17.2 Å². The number of ether oxygens (including phenoxy) is 1. The van der Waals surface area contributed by atoms with Crippen LogP contribution in [0.15, 0.2) is 51.7 Å². The topological polar surface area (TPSA) is 117 Å². The van der Waals surface area contributed by atoms with Crippen LogP contribution in [-0.4, -0.2) is 27.9 Å². The summed E-state index contributed by atoms with van der Waals surface area (Å²) in [6, 6.07) is 10.6. The van der Waals surface area contributed by atoms with Gasteiger partial charge in [-0.15, -0.1) is 0 Å². The lowest BCUT2D eigenvalue weighted by atomic mass is 10.1. The average molecular weight is 356 g/mol. The number of hydrogen-bond donors (Lipinski definition) is 3. The second kappa shape index (κ2) is 7.18. The number of carboxylic acids is 1. The van der Waals surface area contributed by atoms with E-state index in [1.807, 2.05) is 0 Å². The second-order valence-corrected chi connectivity index (χ2v) is 5.62. The van der Waals surface area contributed by atoms with Crippen molar-refractivity contribution in [3.05, 3.63) is 64.0 Å². The molecule has 0 atom stereocenters. The lowest BCUT2D eigenvalue weighted by Gasteiger charge is -2.10. The summed E-state index contributed by atoms with van der Waals surface area (Å²) in [4.78, 5) is 23.2. The Labute approximate surface area is 147 Å². The Bertz CT molecular complexity index is 1020. The van der Waals surface area contributed by atoms with Crippen LogP contribution >= 0.6 is 0 Å². The van der Waals surface area contributed by atoms with Gasteiger partial charge >= 0.3 is 11.6 Å². The predicted octanol–water partition coefficient (Wildman–Crippen LogP) is 2.91. The molecule has 134 valence electrons. The Morgan fingerprint density at radius 1 is 1.08 bits per heavy atom. The predicted molar refractivity (Wildman–Crippen MR) is 93.0 cm³/mol. The summed E-state index contributed by atoms with van der Waals surface area (Å²) in [5, 5.41) is 29.4. The third kappa shape index (κ3) is 3.32. The van der Waals surface area contributed by atoms with Crippen molar-refractivity contribution in [1.82, 2.24) is 0 Å². The molecule has 2 aromatic carbocycles. The molecule has 0 unspecified atom stereocenters. The fraction of sp³-hybridized carbons (Fsp3) is 0.158. The molecule has 3 rings (SSSR count). The molecule has 7 nitrogen and oxygen atoms in total. The van der Waals surface area contributed by atoms with Gasteiger partial charge in [0.25, 0.3) is 0 Å². The molecular formula is C19H16O7. The molecule has 7 heteroatoms. The summed E-state index contributed by atoms with van der Waals surface area (Å²) < 4.78 is 10.6. The zero-order valence-electron chi connectivity index (χ0n) is 13.6. The van der Waals surface area contributed by atoms with Crippen LogP contribution in [0.25, 0.3) is 11.0 Å². The van der Waals surface area contributed by atoms with Crippen LogP contribution in [0.3, 0.4) is 0 Å². The number of fused-ring (bicyclic) bond motifs is 1. The van der Waals surface area contributed by atoms with Crippen molar-refractivity contribution in [2.75, 3.05) is 6.61 Å². The Kier molecular flexibility index (Phi) is 4.79. The molecule has 0 saturated carbocycles. The van der Waals surface area contributed by atoms with E-state index in [9.17, 15) is 19.8 Å². The third-order valence-electron chi connectivity index (χ3n) is 3.92. The third-order valence-corrected chi connectivity index (χ3v) is 3.92. The van der Waals surface area contributed by atoms with E-state index in [-0.39, 0.29) is 52.4 Å². The van der Waals surface area contributed by atoms with E-state index in [0.717, 1.165) is 0 Å². The number of aromatic hydroxyl groups is 2. The summed E-state index contributed by atoms with van der Waals surface area (Å²) in [6.07, 6.45) is 0.485. The highest BCUT2D eigenvalue weighted by molar-refractivity contribution is 5.91. The van der Waals surface area contributed by atoms with E-state index in [1.54, 1.807) is 18.2 Å². The maximum atomic E-state index is 12.0. The largest absolute Gasteiger partial charge is 0.507 e. The Hall–Kier alpha value is -3.48. The molecule has 3 aromatic rings. The molecule has 26 heavy (non-hydrogen) atoms. The normalized spacial score (nSPS) is 10.8. The van der Waals surface area contributed by atoms with Crippen LogP contribution in [0, 0.1) is 0 Å². The minimum Gasteiger partial charge on any atom is -0.507 e. The fourth-order valence-electron chi connectivity index (χ4n) is 2.67. The number of rotatable bonds is 6. The first-order valence-electron chi connectivity index (χ1n) is 7.91. The van der Waals surface area contributed by atoms with Gasteiger partial charge < -0.3 is 24.5 Å². The summed E-state index contributed by atoms with van der Waals surface area (Å²) in [7, 11) is 0. The monoisotopic (exact) mass is 356 g/mol. The van der Waals surface area contributed by atoms with Gasteiger partial charge in [0, 0.05) is 0 Å². The first kappa shape index (κ1) is 17.3. The number of para-hydroxylation sites is 1. The van der Waals surface area contributed by atoms with Gasteiger partial charge in [0.2, 0.25) is 0 Å². The van der Waals surface area contributed by atoms with Crippen LogP contribution in [0.1, 0.15) is 22.3 Å². The van der Waals surface area contributed by atoms with Crippen LogP contribution < -0.4 is 10.4 Å². The lowest BCUT2D eigenvalue weighted by Crippen LogP contribution is -2.10. The van der Waals surface area contributed by atoms with Gasteiger partial charge in [0.1, 0.15) is 33.8 Å². The zero-order valence-corrected chi connectivity index (χ0v) is 13.6. The Morgan fingerprint density at radius 3 is 2.62 bits per heavy atom. The molecule has 0 aliphatic carbocycles. The van der Waals surface area contributed by atoms with Crippen LogP contribution in [0.4, 0.5) is 0 Å². The number of hydrogen-bond acceptors (Lipinski definition) is 6. The molecule has 0 aliphatic rings. The molecule has 0 aliphatic heterocycles. The van der Waals surface area contributed by atoms with E-state index in [4.69, 9.17) is 14.3 Å². The molecule has 0 bridgehead atoms. The minimum atomic E-state index is -1.09. The van der Waals surface area contributed by atoms with Crippen molar-refractivity contribution >= 4 is 16.9 Å². The van der Waals surface area contributed by atoms with Gasteiger partial charge in [-0.25, -0.2) is 9.59 Å². The highest BCUT2D eigenvalue weighted by Gasteiger charge is 2.16. The summed E-state index contributed by atoms with van der Waals surface area (Å²) >= 11 is 0. The maximum Gasteiger partial charge on any atom is 0.343 e. The standard InChI is InChI=1S/C19H16O7/c20-13-7-3-9-15-16(13)17(21)12(19(24)26-15)6-4-10-25-14-8-2-1-5-11(14)18(22)23/h1-3,5,7-9,20-21H,4,6,10H2,(H,22,23). The second-order valence-electron chi connectivity index (χ2n) is 5.62. The smallest absolute Gasteiger partial charge is 0.343 e. The van der Waals surface area contributed by atoms with Crippen molar-refractivity contribution in [3.63, 3.8) is 0 Å². The van der Waals surface area contributed by atoms with Crippen molar-refractivity contribution < 1.29 is 29.3 Å². The maximum absolute atomic E-state index is 12.0. The Morgan fingerprint density at radius 2 is 1.85 bits per heavy atom. The average Bonchev–Trinajstić information content (AvgIpc) is 2.61. The number of carbonyl (C=O) groups is 1. The minimum absolute atomic E-state index is 0.0362. The van der Waals surface area contributed by atoms with Gasteiger partial charge in [-0.1, -0.05) is 18.2 Å². The van der Waals surface area contributed by atoms with Crippen LogP contribution in [0.5, 0.6) is 17.2 Å². The van der Waals surface area contributed by atoms with E-state index >= 15 is 0 Å². The molecular weight excluding hydrogens is 340 g/mol. The van der Waals surface area contributed by atoms with Crippen LogP contribution in [0.2, 0.25) is 0 Å². The zero-order chi connectivity index (χ0) is 18.7. The SMILES string of the molecule is O=C(O)c1ccccc1OCCCc1c(O)c2c(O)cccc2oc1=O. The summed E-state index contributed by atoms with van der Waals surface area (Å²) in [6.45, 7) is 0.141. The number of phenols is 1. The molecule has 0 spiro atoms. The molecule has 1 heterocycles. The first-order valence-corrected chi connectivity index (χ1v) is 7.91. The fourth-order valence-corrected chi connectivity index (χ4v) is 2.67. The van der Waals surface area contributed by atoms with Crippen molar-refractivity contribution in [2.24, 2.45) is 0 Å². The molecule has 3 N–H and O–H groups in total. The van der Waals surface area contributed by atoms with Gasteiger partial charge in [0.05, 0.1) is 12.2 Å². The van der Waals surface area contributed by atoms with Gasteiger partial charge in [0.15, 0.2) is 0 Å². The number of aromatic carboxylic acids is 1. The van der Waals surface area contributed by atoms with Gasteiger partial charge in [-0.3, -0.25) is 0 Å². The summed E-state index contributed by atoms with van der Waals surface area (Å²) in [5.74, 6) is -1.37. The van der Waals surface area contributed by atoms with Crippen LogP contribution in [-0.2, 0) is 6.42 Å². The Balaban J connectivity index is 1.74. The lowest BCUT2D eigenvalue weighted by molar-refractivity contribution is 0.0692. The number of carboxylic acid groups (broad SMARTS) is 1. The van der Waals surface area contributed by atoms with E-state index in [1.165, 1.54) is 24.3 Å². The van der Waals surface area contributed by atoms with Gasteiger partial charge in [-0.05, 0) is 37.1 Å². The molecule has 0 amide bonds. The van der Waals surface area contributed by atoms with E-state index in [0.29, 0.717) is 6.42 Å². The first-order chi connectivity index (χ1) is 12.5. The van der Waals surface area contributed by atoms with Gasteiger partial charge in [-0.2, -0.15) is 0 Å².